The highest BCUT2D eigenvalue weighted by molar-refractivity contribution is 5.59. The first kappa shape index (κ1) is 20.2. The number of likely N-dealkylation sites (N-methyl/N-ethyl adjacent to an activating group) is 2. The number of para-hydroxylation sites is 1. The van der Waals surface area contributed by atoms with Gasteiger partial charge in [-0.15, -0.1) is 0 Å². The molecular weight excluding hydrogens is 374 g/mol. The summed E-state index contributed by atoms with van der Waals surface area (Å²) in [5.41, 5.74) is 6.41. The fourth-order valence-corrected chi connectivity index (χ4v) is 4.06. The summed E-state index contributed by atoms with van der Waals surface area (Å²) in [6.45, 7) is 2.82. The Morgan fingerprint density at radius 3 is 2.57 bits per heavy atom. The second-order valence-electron chi connectivity index (χ2n) is 7.88. The highest BCUT2D eigenvalue weighted by Crippen LogP contribution is 2.38. The smallest absolute Gasteiger partial charge is 0.151 e. The quantitative estimate of drug-likeness (QED) is 0.608. The zero-order valence-corrected chi connectivity index (χ0v) is 17.9. The van der Waals surface area contributed by atoms with Gasteiger partial charge in [-0.1, -0.05) is 18.2 Å². The molecule has 2 N–H and O–H groups in total. The Balaban J connectivity index is 1.44. The number of nitrogens with zero attached hydrogens (tertiary/aromatic N) is 4. The summed E-state index contributed by atoms with van der Waals surface area (Å²) >= 11 is 0. The van der Waals surface area contributed by atoms with Crippen LogP contribution in [0.5, 0.6) is 0 Å². The third-order valence-electron chi connectivity index (χ3n) is 5.99. The lowest BCUT2D eigenvalue weighted by Crippen LogP contribution is -2.38. The van der Waals surface area contributed by atoms with E-state index in [0.29, 0.717) is 6.04 Å². The van der Waals surface area contributed by atoms with Gasteiger partial charge >= 0.3 is 0 Å². The molecule has 156 valence electrons. The number of aliphatic hydroxyl groups is 1. The van der Waals surface area contributed by atoms with Gasteiger partial charge in [0.1, 0.15) is 0 Å². The van der Waals surface area contributed by atoms with E-state index in [2.05, 4.69) is 82.8 Å². The van der Waals surface area contributed by atoms with Crippen LogP contribution in [-0.2, 0) is 0 Å². The first-order valence-electron chi connectivity index (χ1n) is 10.2. The Morgan fingerprint density at radius 1 is 1.10 bits per heavy atom. The maximum Gasteiger partial charge on any atom is 0.151 e. The van der Waals surface area contributed by atoms with Crippen LogP contribution in [0.1, 0.15) is 29.0 Å². The molecule has 0 radical (unpaired) electrons. The summed E-state index contributed by atoms with van der Waals surface area (Å²) in [5, 5.41) is 18.2. The van der Waals surface area contributed by atoms with Crippen molar-refractivity contribution < 1.29 is 5.11 Å². The van der Waals surface area contributed by atoms with Crippen molar-refractivity contribution in [3.63, 3.8) is 0 Å². The van der Waals surface area contributed by atoms with Gasteiger partial charge in [0.25, 0.3) is 0 Å². The largest absolute Gasteiger partial charge is 0.373 e. The molecule has 0 saturated carbocycles. The molecule has 0 amide bonds. The number of hydrogen-bond donors (Lipinski definition) is 2. The summed E-state index contributed by atoms with van der Waals surface area (Å²) in [5.74, 6) is 0. The molecule has 0 aliphatic carbocycles. The van der Waals surface area contributed by atoms with E-state index < -0.39 is 6.23 Å². The molecular formula is C24H29N5O. The number of pyridine rings is 1. The van der Waals surface area contributed by atoms with Crippen LogP contribution in [0.4, 0.5) is 17.1 Å². The Labute approximate surface area is 178 Å². The lowest BCUT2D eigenvalue weighted by molar-refractivity contribution is 0.207. The molecule has 1 aliphatic heterocycles. The Kier molecular flexibility index (Phi) is 5.61. The zero-order chi connectivity index (χ0) is 21.3. The SMILES string of the molecule is Cc1cnccc1C(O)Nc1ccc(N(C)CC2c3ccccc3N(C)N2C)cc1. The van der Waals surface area contributed by atoms with Crippen molar-refractivity contribution in [2.45, 2.75) is 19.2 Å². The van der Waals surface area contributed by atoms with Crippen molar-refractivity contribution in [2.75, 3.05) is 42.9 Å². The van der Waals surface area contributed by atoms with Crippen molar-refractivity contribution in [2.24, 2.45) is 0 Å². The van der Waals surface area contributed by atoms with Crippen LogP contribution in [0.3, 0.4) is 0 Å². The van der Waals surface area contributed by atoms with Crippen LogP contribution in [-0.4, -0.2) is 42.8 Å². The summed E-state index contributed by atoms with van der Waals surface area (Å²) in [7, 11) is 6.36. The van der Waals surface area contributed by atoms with Crippen LogP contribution in [0, 0.1) is 6.92 Å². The average Bonchev–Trinajstić information content (AvgIpc) is 2.99. The van der Waals surface area contributed by atoms with Gasteiger partial charge in [0.05, 0.1) is 11.7 Å². The molecule has 6 nitrogen and oxygen atoms in total. The summed E-state index contributed by atoms with van der Waals surface area (Å²) in [6.07, 6.45) is 2.69. The van der Waals surface area contributed by atoms with Gasteiger partial charge in [0, 0.05) is 57.0 Å². The fraction of sp³-hybridized carbons (Fsp3) is 0.292. The number of hydrazine groups is 1. The van der Waals surface area contributed by atoms with E-state index in [1.54, 1.807) is 12.4 Å². The summed E-state index contributed by atoms with van der Waals surface area (Å²) < 4.78 is 0. The molecule has 2 unspecified atom stereocenters. The van der Waals surface area contributed by atoms with Crippen molar-refractivity contribution in [3.8, 4) is 0 Å². The van der Waals surface area contributed by atoms with Gasteiger partial charge in [-0.05, 0) is 54.4 Å². The number of benzene rings is 2. The number of hydrogen-bond acceptors (Lipinski definition) is 6. The van der Waals surface area contributed by atoms with Crippen LogP contribution < -0.4 is 15.2 Å². The lowest BCUT2D eigenvalue weighted by Gasteiger charge is -2.31. The number of nitrogens with one attached hydrogen (secondary N) is 1. The molecule has 0 bridgehead atoms. The van der Waals surface area contributed by atoms with E-state index in [4.69, 9.17) is 0 Å². The zero-order valence-electron chi connectivity index (χ0n) is 17.9. The van der Waals surface area contributed by atoms with Gasteiger partial charge in [-0.3, -0.25) is 4.98 Å². The molecule has 1 aromatic heterocycles. The molecule has 1 aliphatic rings. The highest BCUT2D eigenvalue weighted by Gasteiger charge is 2.32. The fourth-order valence-electron chi connectivity index (χ4n) is 4.06. The van der Waals surface area contributed by atoms with Gasteiger partial charge in [0.2, 0.25) is 0 Å². The monoisotopic (exact) mass is 403 g/mol. The van der Waals surface area contributed by atoms with Crippen molar-refractivity contribution >= 4 is 17.1 Å². The van der Waals surface area contributed by atoms with Crippen molar-refractivity contribution in [1.82, 2.24) is 9.99 Å². The maximum atomic E-state index is 10.5. The molecule has 30 heavy (non-hydrogen) atoms. The molecule has 0 saturated heterocycles. The van der Waals surface area contributed by atoms with Crippen molar-refractivity contribution in [3.05, 3.63) is 83.7 Å². The Hall–Kier alpha value is -3.09. The van der Waals surface area contributed by atoms with E-state index in [1.807, 2.05) is 25.1 Å². The number of rotatable bonds is 6. The minimum atomic E-state index is -0.768. The number of anilines is 3. The predicted octanol–water partition coefficient (Wildman–Crippen LogP) is 3.97. The average molecular weight is 404 g/mol. The number of aromatic nitrogens is 1. The highest BCUT2D eigenvalue weighted by atomic mass is 16.3. The van der Waals surface area contributed by atoms with E-state index in [9.17, 15) is 5.11 Å². The summed E-state index contributed by atoms with van der Waals surface area (Å²) in [6, 6.07) is 18.9. The minimum Gasteiger partial charge on any atom is -0.373 e. The molecule has 4 rings (SSSR count). The van der Waals surface area contributed by atoms with Crippen LogP contribution in [0.25, 0.3) is 0 Å². The van der Waals surface area contributed by atoms with Crippen LogP contribution >= 0.6 is 0 Å². The second-order valence-corrected chi connectivity index (χ2v) is 7.88. The minimum absolute atomic E-state index is 0.297. The standard InChI is InChI=1S/C24H29N5O/c1-17-15-25-14-13-20(17)24(30)26-18-9-11-19(12-10-18)27(2)16-23-21-7-5-6-8-22(21)28(3)29(23)4/h5-15,23-24,26,30H,16H2,1-4H3. The number of aliphatic hydroxyl groups excluding tert-OH is 1. The van der Waals surface area contributed by atoms with E-state index in [-0.39, 0.29) is 0 Å². The van der Waals surface area contributed by atoms with E-state index in [0.717, 1.165) is 29.0 Å². The number of aryl methyl sites for hydroxylation is 1. The van der Waals surface area contributed by atoms with E-state index >= 15 is 0 Å². The molecule has 3 aromatic rings. The first-order chi connectivity index (χ1) is 14.5. The Morgan fingerprint density at radius 2 is 1.83 bits per heavy atom. The van der Waals surface area contributed by atoms with Crippen molar-refractivity contribution in [1.29, 1.82) is 0 Å². The molecule has 2 heterocycles. The molecule has 0 fully saturated rings. The molecule has 0 spiro atoms. The van der Waals surface area contributed by atoms with Crippen LogP contribution in [0.2, 0.25) is 0 Å². The maximum absolute atomic E-state index is 10.5. The van der Waals surface area contributed by atoms with Gasteiger partial charge < -0.3 is 20.3 Å². The van der Waals surface area contributed by atoms with E-state index in [1.165, 1.54) is 11.3 Å². The van der Waals surface area contributed by atoms with Gasteiger partial charge in [-0.2, -0.15) is 0 Å². The van der Waals surface area contributed by atoms with Gasteiger partial charge in [0.15, 0.2) is 6.23 Å². The number of fused-ring (bicyclic) bond motifs is 1. The predicted molar refractivity (Wildman–Crippen MR) is 123 cm³/mol. The molecule has 2 aromatic carbocycles. The summed E-state index contributed by atoms with van der Waals surface area (Å²) in [4.78, 5) is 6.35. The topological polar surface area (TPSA) is 54.9 Å². The normalized spacial score (nSPS) is 17.0. The second kappa shape index (κ2) is 8.34. The third-order valence-corrected chi connectivity index (χ3v) is 5.99. The van der Waals surface area contributed by atoms with Crippen LogP contribution in [0.15, 0.2) is 67.0 Å². The Bertz CT molecular complexity index is 1010. The lowest BCUT2D eigenvalue weighted by atomic mass is 10.1. The van der Waals surface area contributed by atoms with Gasteiger partial charge in [-0.25, -0.2) is 5.01 Å². The third kappa shape index (κ3) is 3.84. The molecule has 2 atom stereocenters. The first-order valence-corrected chi connectivity index (χ1v) is 10.2. The molecule has 6 heteroatoms.